The van der Waals surface area contributed by atoms with E-state index < -0.39 is 18.1 Å². The lowest BCUT2D eigenvalue weighted by atomic mass is 9.98. The fourth-order valence-electron chi connectivity index (χ4n) is 1.86. The van der Waals surface area contributed by atoms with Crippen molar-refractivity contribution in [2.45, 2.75) is 12.1 Å². The number of aliphatic carboxylic acids is 1. The maximum atomic E-state index is 11.1. The van der Waals surface area contributed by atoms with Crippen LogP contribution in [-0.4, -0.2) is 43.2 Å². The van der Waals surface area contributed by atoms with Crippen molar-refractivity contribution in [2.24, 2.45) is 5.73 Å². The molecule has 0 aliphatic heterocycles. The van der Waals surface area contributed by atoms with Crippen molar-refractivity contribution < 1.29 is 14.6 Å². The second-order valence-electron chi connectivity index (χ2n) is 4.16. The van der Waals surface area contributed by atoms with Gasteiger partial charge in [0, 0.05) is 10.0 Å². The summed E-state index contributed by atoms with van der Waals surface area (Å²) in [5.41, 5.74) is 6.50. The van der Waals surface area contributed by atoms with Gasteiger partial charge in [-0.1, -0.05) is 15.9 Å². The molecule has 0 bridgehead atoms. The molecule has 0 radical (unpaired) electrons. The van der Waals surface area contributed by atoms with Gasteiger partial charge in [0.1, 0.15) is 11.8 Å². The van der Waals surface area contributed by atoms with E-state index in [0.717, 1.165) is 10.0 Å². The first-order valence-corrected chi connectivity index (χ1v) is 6.16. The van der Waals surface area contributed by atoms with Gasteiger partial charge in [-0.3, -0.25) is 4.79 Å². The Morgan fingerprint density at radius 3 is 2.56 bits per heavy atom. The van der Waals surface area contributed by atoms with Gasteiger partial charge < -0.3 is 20.5 Å². The molecule has 18 heavy (non-hydrogen) atoms. The third kappa shape index (κ3) is 3.22. The Hall–Kier alpha value is -1.11. The van der Waals surface area contributed by atoms with Crippen molar-refractivity contribution in [3.05, 3.63) is 28.2 Å². The van der Waals surface area contributed by atoms with Gasteiger partial charge in [0.2, 0.25) is 0 Å². The molecule has 1 aromatic carbocycles. The molecule has 0 saturated carbocycles. The Kier molecular flexibility index (Phi) is 5.13. The van der Waals surface area contributed by atoms with E-state index in [1.807, 2.05) is 12.1 Å². The quantitative estimate of drug-likeness (QED) is 0.860. The van der Waals surface area contributed by atoms with Gasteiger partial charge in [0.25, 0.3) is 0 Å². The fourth-order valence-corrected chi connectivity index (χ4v) is 2.24. The smallest absolute Gasteiger partial charge is 0.322 e. The zero-order chi connectivity index (χ0) is 13.9. The molecule has 1 aromatic rings. The van der Waals surface area contributed by atoms with Crippen LogP contribution >= 0.6 is 15.9 Å². The van der Waals surface area contributed by atoms with Crippen LogP contribution in [0.3, 0.4) is 0 Å². The van der Waals surface area contributed by atoms with E-state index in [1.165, 1.54) is 0 Å². The number of carboxylic acid groups (broad SMARTS) is 1. The molecule has 0 amide bonds. The minimum Gasteiger partial charge on any atom is -0.496 e. The highest BCUT2D eigenvalue weighted by molar-refractivity contribution is 9.10. The molecule has 5 nitrogen and oxygen atoms in total. The Morgan fingerprint density at radius 2 is 2.11 bits per heavy atom. The topological polar surface area (TPSA) is 75.8 Å². The van der Waals surface area contributed by atoms with Crippen LogP contribution in [-0.2, 0) is 4.79 Å². The van der Waals surface area contributed by atoms with Crippen LogP contribution < -0.4 is 10.5 Å². The number of rotatable bonds is 5. The van der Waals surface area contributed by atoms with E-state index >= 15 is 0 Å². The van der Waals surface area contributed by atoms with Crippen LogP contribution in [0.25, 0.3) is 0 Å². The third-order valence-corrected chi connectivity index (χ3v) is 3.19. The molecule has 1 rings (SSSR count). The normalized spacial score (nSPS) is 14.3. The largest absolute Gasteiger partial charge is 0.496 e. The van der Waals surface area contributed by atoms with E-state index in [-0.39, 0.29) is 0 Å². The van der Waals surface area contributed by atoms with Crippen molar-refractivity contribution in [1.29, 1.82) is 0 Å². The van der Waals surface area contributed by atoms with Crippen molar-refractivity contribution in [3.63, 3.8) is 0 Å². The molecule has 100 valence electrons. The zero-order valence-electron chi connectivity index (χ0n) is 10.6. The van der Waals surface area contributed by atoms with E-state index in [0.29, 0.717) is 5.75 Å². The zero-order valence-corrected chi connectivity index (χ0v) is 12.1. The number of halogens is 1. The second-order valence-corrected chi connectivity index (χ2v) is 5.07. The van der Waals surface area contributed by atoms with Crippen LogP contribution in [0.15, 0.2) is 22.7 Å². The van der Waals surface area contributed by atoms with Gasteiger partial charge in [0.05, 0.1) is 13.2 Å². The lowest BCUT2D eigenvalue weighted by Crippen LogP contribution is -2.43. The number of nitrogens with zero attached hydrogens (tertiary/aromatic N) is 1. The number of ether oxygens (including phenoxy) is 1. The molecule has 0 fully saturated rings. The highest BCUT2D eigenvalue weighted by Crippen LogP contribution is 2.32. The molecule has 2 atom stereocenters. The Labute approximate surface area is 115 Å². The van der Waals surface area contributed by atoms with Crippen molar-refractivity contribution in [3.8, 4) is 5.75 Å². The average molecular weight is 317 g/mol. The maximum absolute atomic E-state index is 11.1. The summed E-state index contributed by atoms with van der Waals surface area (Å²) in [7, 11) is 5.12. The lowest BCUT2D eigenvalue weighted by Gasteiger charge is -2.29. The fraction of sp³-hybridized carbons (Fsp3) is 0.417. The number of hydrogen-bond acceptors (Lipinski definition) is 4. The maximum Gasteiger partial charge on any atom is 0.322 e. The van der Waals surface area contributed by atoms with Gasteiger partial charge in [-0.15, -0.1) is 0 Å². The molecular formula is C12H17BrN2O3. The van der Waals surface area contributed by atoms with Crippen molar-refractivity contribution in [1.82, 2.24) is 4.90 Å². The van der Waals surface area contributed by atoms with E-state index in [4.69, 9.17) is 15.6 Å². The first-order chi connectivity index (χ1) is 8.38. The number of nitrogens with two attached hydrogens (primary N) is 1. The molecule has 3 N–H and O–H groups in total. The average Bonchev–Trinajstić information content (AvgIpc) is 2.28. The van der Waals surface area contributed by atoms with E-state index in [9.17, 15) is 4.79 Å². The first kappa shape index (κ1) is 14.9. The summed E-state index contributed by atoms with van der Waals surface area (Å²) in [6.45, 7) is 0. The molecule has 0 spiro atoms. The van der Waals surface area contributed by atoms with Crippen molar-refractivity contribution in [2.75, 3.05) is 21.2 Å². The van der Waals surface area contributed by atoms with Crippen molar-refractivity contribution >= 4 is 21.9 Å². The van der Waals surface area contributed by atoms with Gasteiger partial charge in [-0.05, 0) is 32.3 Å². The van der Waals surface area contributed by atoms with Crippen LogP contribution in [0.4, 0.5) is 0 Å². The minimum absolute atomic E-state index is 0.463. The van der Waals surface area contributed by atoms with Gasteiger partial charge in [0.15, 0.2) is 0 Å². The molecule has 0 heterocycles. The van der Waals surface area contributed by atoms with Crippen LogP contribution in [0.2, 0.25) is 0 Å². The molecular weight excluding hydrogens is 300 g/mol. The highest BCUT2D eigenvalue weighted by atomic mass is 79.9. The Morgan fingerprint density at radius 1 is 1.50 bits per heavy atom. The summed E-state index contributed by atoms with van der Waals surface area (Å²) >= 11 is 3.37. The molecule has 6 heteroatoms. The highest BCUT2D eigenvalue weighted by Gasteiger charge is 2.30. The van der Waals surface area contributed by atoms with E-state index in [1.54, 1.807) is 32.2 Å². The number of hydrogen-bond donors (Lipinski definition) is 2. The van der Waals surface area contributed by atoms with Gasteiger partial charge in [-0.25, -0.2) is 0 Å². The predicted octanol–water partition coefficient (Wildman–Crippen LogP) is 1.47. The van der Waals surface area contributed by atoms with Crippen LogP contribution in [0, 0.1) is 0 Å². The summed E-state index contributed by atoms with van der Waals surface area (Å²) in [6.07, 6.45) is 0. The van der Waals surface area contributed by atoms with Gasteiger partial charge in [-0.2, -0.15) is 0 Å². The molecule has 0 saturated heterocycles. The predicted molar refractivity (Wildman–Crippen MR) is 72.7 cm³/mol. The molecule has 0 aliphatic rings. The number of carboxylic acids is 1. The van der Waals surface area contributed by atoms with E-state index in [2.05, 4.69) is 15.9 Å². The summed E-state index contributed by atoms with van der Waals surface area (Å²) in [4.78, 5) is 12.9. The second kappa shape index (κ2) is 6.17. The van der Waals surface area contributed by atoms with Gasteiger partial charge >= 0.3 is 5.97 Å². The summed E-state index contributed by atoms with van der Waals surface area (Å²) in [5, 5.41) is 9.09. The third-order valence-electron chi connectivity index (χ3n) is 2.69. The summed E-state index contributed by atoms with van der Waals surface area (Å²) in [5.74, 6) is -0.427. The number of methoxy groups -OCH3 is 1. The van der Waals surface area contributed by atoms with Crippen LogP contribution in [0.1, 0.15) is 11.6 Å². The van der Waals surface area contributed by atoms with Crippen LogP contribution in [0.5, 0.6) is 5.75 Å². The molecule has 0 aromatic heterocycles. The standard InChI is InChI=1S/C12H17BrN2O3/c1-15(2)11(10(14)12(16)17)8-6-7(13)4-5-9(8)18-3/h4-6,10-11H,14H2,1-3H3,(H,16,17). The first-order valence-electron chi connectivity index (χ1n) is 5.36. The monoisotopic (exact) mass is 316 g/mol. The SMILES string of the molecule is COc1ccc(Br)cc1C(C(N)C(=O)O)N(C)C. The summed E-state index contributed by atoms with van der Waals surface area (Å²) in [6, 6.07) is 3.95. The lowest BCUT2D eigenvalue weighted by molar-refractivity contribution is -0.140. The number of likely N-dealkylation sites (N-methyl/N-ethyl adjacent to an activating group) is 1. The molecule has 0 aliphatic carbocycles. The number of benzene rings is 1. The Bertz CT molecular complexity index is 437. The minimum atomic E-state index is -1.05. The number of carbonyl (C=O) groups is 1. The Balaban J connectivity index is 3.28. The molecule has 2 unspecified atom stereocenters. The summed E-state index contributed by atoms with van der Waals surface area (Å²) < 4.78 is 6.12.